The van der Waals surface area contributed by atoms with Gasteiger partial charge in [-0.25, -0.2) is 0 Å². The normalized spacial score (nSPS) is 13.2. The molecule has 0 saturated carbocycles. The van der Waals surface area contributed by atoms with Gasteiger partial charge in [-0.1, -0.05) is 29.3 Å². The predicted octanol–water partition coefficient (Wildman–Crippen LogP) is 2.44. The summed E-state index contributed by atoms with van der Waals surface area (Å²) in [6.45, 7) is 2.05. The molecule has 0 saturated heterocycles. The number of thiocarbonyl (C=S) groups is 1. The van der Waals surface area contributed by atoms with E-state index < -0.39 is 0 Å². The summed E-state index contributed by atoms with van der Waals surface area (Å²) >= 11 is 7.70. The van der Waals surface area contributed by atoms with Crippen molar-refractivity contribution >= 4 is 33.2 Å². The summed E-state index contributed by atoms with van der Waals surface area (Å²) in [5.41, 5.74) is 0. The van der Waals surface area contributed by atoms with Crippen molar-refractivity contribution in [2.45, 2.75) is 24.6 Å². The molecule has 1 nitrogen and oxygen atoms in total. The van der Waals surface area contributed by atoms with Crippen molar-refractivity contribution in [3.63, 3.8) is 0 Å². The molecule has 1 N–H and O–H groups in total. The fraction of sp³-hybridized carbons (Fsp3) is 0.800. The Morgan fingerprint density at radius 2 is 2.38 bits per heavy atom. The van der Waals surface area contributed by atoms with Gasteiger partial charge in [0.05, 0.1) is 4.83 Å². The highest BCUT2D eigenvalue weighted by atomic mass is 79.9. The van der Waals surface area contributed by atoms with Crippen LogP contribution in [0.1, 0.15) is 19.8 Å². The Balaban J connectivity index is 3.32. The van der Waals surface area contributed by atoms with E-state index >= 15 is 0 Å². The van der Waals surface area contributed by atoms with E-state index in [4.69, 9.17) is 5.11 Å². The van der Waals surface area contributed by atoms with Crippen LogP contribution in [0, 0.1) is 0 Å². The van der Waals surface area contributed by atoms with Crippen LogP contribution in [0.3, 0.4) is 0 Å². The maximum Gasteiger partial charge on any atom is 0.170 e. The van der Waals surface area contributed by atoms with E-state index in [2.05, 4.69) is 28.1 Å². The molecule has 1 atom stereocenters. The van der Waals surface area contributed by atoms with Crippen LogP contribution in [-0.2, 0) is 0 Å². The molecule has 0 aliphatic carbocycles. The van der Waals surface area contributed by atoms with Gasteiger partial charge < -0.3 is 5.11 Å². The third-order valence-electron chi connectivity index (χ3n) is 0.810. The molecular weight excluding hydrogens is 188 g/mol. The van der Waals surface area contributed by atoms with Crippen LogP contribution in [-0.4, -0.2) is 15.0 Å². The molecule has 0 unspecified atom stereocenters. The predicted molar refractivity (Wildman–Crippen MR) is 42.8 cm³/mol. The number of alkyl halides is 1. The zero-order chi connectivity index (χ0) is 6.57. The molecule has 0 amide bonds. The van der Waals surface area contributed by atoms with Gasteiger partial charge in [-0.2, -0.15) is 0 Å². The molecule has 8 heavy (non-hydrogen) atoms. The SMILES string of the molecule is CCC[C@@H](Br)C(O)=S. The highest BCUT2D eigenvalue weighted by Crippen LogP contribution is 2.07. The molecule has 48 valence electrons. The Hall–Kier alpha value is 0.370. The minimum Gasteiger partial charge on any atom is -0.501 e. The minimum atomic E-state index is 0.0162. The van der Waals surface area contributed by atoms with Crippen molar-refractivity contribution in [2.24, 2.45) is 0 Å². The largest absolute Gasteiger partial charge is 0.501 e. The fourth-order valence-corrected chi connectivity index (χ4v) is 0.953. The van der Waals surface area contributed by atoms with Gasteiger partial charge in [-0.15, -0.1) is 0 Å². The van der Waals surface area contributed by atoms with Crippen molar-refractivity contribution in [1.29, 1.82) is 0 Å². The number of halogens is 1. The van der Waals surface area contributed by atoms with E-state index in [-0.39, 0.29) is 9.88 Å². The Bertz CT molecular complexity index is 84.5. The third kappa shape index (κ3) is 3.38. The van der Waals surface area contributed by atoms with Crippen LogP contribution in [0.25, 0.3) is 0 Å². The second-order valence-corrected chi connectivity index (χ2v) is 3.12. The van der Waals surface area contributed by atoms with E-state index in [0.29, 0.717) is 0 Å². The maximum atomic E-state index is 8.64. The molecule has 0 radical (unpaired) electrons. The number of rotatable bonds is 3. The second-order valence-electron chi connectivity index (χ2n) is 1.59. The molecule has 0 rings (SSSR count). The van der Waals surface area contributed by atoms with Crippen molar-refractivity contribution in [1.82, 2.24) is 0 Å². The summed E-state index contributed by atoms with van der Waals surface area (Å²) < 4.78 is 0. The molecule has 3 heteroatoms. The van der Waals surface area contributed by atoms with Gasteiger partial charge in [0.15, 0.2) is 5.05 Å². The summed E-state index contributed by atoms with van der Waals surface area (Å²) in [5, 5.41) is 8.70. The van der Waals surface area contributed by atoms with Gasteiger partial charge in [0.25, 0.3) is 0 Å². The number of aliphatic hydroxyl groups excluding tert-OH is 1. The average molecular weight is 197 g/mol. The topological polar surface area (TPSA) is 20.2 Å². The smallest absolute Gasteiger partial charge is 0.170 e. The van der Waals surface area contributed by atoms with Crippen molar-refractivity contribution < 1.29 is 5.11 Å². The fourth-order valence-electron chi connectivity index (χ4n) is 0.377. The molecule has 0 aromatic carbocycles. The first-order chi connectivity index (χ1) is 3.68. The van der Waals surface area contributed by atoms with Crippen LogP contribution >= 0.6 is 28.1 Å². The van der Waals surface area contributed by atoms with Crippen molar-refractivity contribution in [3.05, 3.63) is 0 Å². The summed E-state index contributed by atoms with van der Waals surface area (Å²) in [6, 6.07) is 0. The van der Waals surface area contributed by atoms with Gasteiger partial charge in [0.1, 0.15) is 0 Å². The Labute approximate surface area is 63.2 Å². The zero-order valence-corrected chi connectivity index (χ0v) is 7.13. The molecule has 0 bridgehead atoms. The molecule has 0 aliphatic heterocycles. The van der Waals surface area contributed by atoms with Crippen LogP contribution in [0.4, 0.5) is 0 Å². The molecule has 0 spiro atoms. The lowest BCUT2D eigenvalue weighted by atomic mass is 10.3. The van der Waals surface area contributed by atoms with E-state index in [1.54, 1.807) is 0 Å². The molecular formula is C5H9BrOS. The molecule has 0 fully saturated rings. The first kappa shape index (κ1) is 8.37. The third-order valence-corrected chi connectivity index (χ3v) is 2.29. The van der Waals surface area contributed by atoms with E-state index in [1.165, 1.54) is 0 Å². The summed E-state index contributed by atoms with van der Waals surface area (Å²) in [7, 11) is 0. The first-order valence-corrected chi connectivity index (χ1v) is 3.87. The zero-order valence-electron chi connectivity index (χ0n) is 4.72. The highest BCUT2D eigenvalue weighted by Gasteiger charge is 2.05. The molecule has 0 aliphatic rings. The van der Waals surface area contributed by atoms with Gasteiger partial charge in [-0.3, -0.25) is 0 Å². The Kier molecular flexibility index (Phi) is 4.47. The number of aliphatic hydroxyl groups is 1. The van der Waals surface area contributed by atoms with Crippen molar-refractivity contribution in [3.8, 4) is 0 Å². The van der Waals surface area contributed by atoms with Crippen LogP contribution in [0.15, 0.2) is 0 Å². The quantitative estimate of drug-likeness (QED) is 0.553. The van der Waals surface area contributed by atoms with Gasteiger partial charge >= 0.3 is 0 Å². The Morgan fingerprint density at radius 1 is 1.88 bits per heavy atom. The lowest BCUT2D eigenvalue weighted by molar-refractivity contribution is 0.547. The minimum absolute atomic E-state index is 0.0162. The Morgan fingerprint density at radius 3 is 2.50 bits per heavy atom. The summed E-state index contributed by atoms with van der Waals surface area (Å²) in [4.78, 5) is 0.0162. The lowest BCUT2D eigenvalue weighted by Crippen LogP contribution is -2.08. The lowest BCUT2D eigenvalue weighted by Gasteiger charge is -2.01. The molecule has 0 aromatic rings. The summed E-state index contributed by atoms with van der Waals surface area (Å²) in [5.74, 6) is 0. The van der Waals surface area contributed by atoms with Crippen LogP contribution in [0.5, 0.6) is 0 Å². The van der Waals surface area contributed by atoms with Gasteiger partial charge in [0, 0.05) is 0 Å². The van der Waals surface area contributed by atoms with Crippen LogP contribution in [0.2, 0.25) is 0 Å². The van der Waals surface area contributed by atoms with Crippen LogP contribution < -0.4 is 0 Å². The van der Waals surface area contributed by atoms with Gasteiger partial charge in [0.2, 0.25) is 0 Å². The standard InChI is InChI=1S/C5H9BrOS/c1-2-3-4(6)5(7)8/h4H,2-3H2,1H3,(H,7,8)/t4-/m1/s1. The maximum absolute atomic E-state index is 8.64. The number of hydrogen-bond donors (Lipinski definition) is 1. The first-order valence-electron chi connectivity index (χ1n) is 2.55. The van der Waals surface area contributed by atoms with E-state index in [0.717, 1.165) is 12.8 Å². The van der Waals surface area contributed by atoms with Crippen molar-refractivity contribution in [2.75, 3.05) is 0 Å². The molecule has 0 heterocycles. The van der Waals surface area contributed by atoms with Gasteiger partial charge in [-0.05, 0) is 18.6 Å². The summed E-state index contributed by atoms with van der Waals surface area (Å²) in [6.07, 6.45) is 1.95. The average Bonchev–Trinajstić information content (AvgIpc) is 1.67. The second kappa shape index (κ2) is 4.27. The van der Waals surface area contributed by atoms with E-state index in [1.807, 2.05) is 6.92 Å². The molecule has 0 aromatic heterocycles. The monoisotopic (exact) mass is 196 g/mol. The van der Waals surface area contributed by atoms with E-state index in [9.17, 15) is 0 Å². The number of hydrogen-bond acceptors (Lipinski definition) is 1. The highest BCUT2D eigenvalue weighted by molar-refractivity contribution is 9.10.